The van der Waals surface area contributed by atoms with Gasteiger partial charge in [-0.25, -0.2) is 0 Å². The third-order valence-electron chi connectivity index (χ3n) is 4.11. The van der Waals surface area contributed by atoms with Gasteiger partial charge in [-0.3, -0.25) is 4.79 Å². The van der Waals surface area contributed by atoms with Gasteiger partial charge in [-0.2, -0.15) is 0 Å². The Balaban J connectivity index is 2.07. The van der Waals surface area contributed by atoms with Crippen molar-refractivity contribution in [1.82, 2.24) is 0 Å². The number of rotatable bonds is 1. The van der Waals surface area contributed by atoms with E-state index in [1.165, 1.54) is 11.1 Å². The number of carbonyl (C=O) groups is 1. The molecule has 2 aromatic carbocycles. The summed E-state index contributed by atoms with van der Waals surface area (Å²) in [7, 11) is 0. The molecule has 0 atom stereocenters. The highest BCUT2D eigenvalue weighted by Gasteiger charge is 2.23. The fraction of sp³-hybridized carbons (Fsp3) is 0.316. The minimum absolute atomic E-state index is 0.160. The lowest BCUT2D eigenvalue weighted by atomic mass is 9.85. The fourth-order valence-electron chi connectivity index (χ4n) is 2.90. The Morgan fingerprint density at radius 2 is 1.60 bits per heavy atom. The average molecular weight is 264 g/mol. The molecule has 1 aliphatic carbocycles. The van der Waals surface area contributed by atoms with Crippen molar-refractivity contribution in [3.8, 4) is 11.1 Å². The highest BCUT2D eigenvalue weighted by atomic mass is 16.1. The molecule has 0 bridgehead atoms. The maximum Gasteiger partial charge on any atom is 0.164 e. The highest BCUT2D eigenvalue weighted by Crippen LogP contribution is 2.33. The third kappa shape index (κ3) is 2.18. The lowest BCUT2D eigenvalue weighted by Crippen LogP contribution is -2.10. The van der Waals surface area contributed by atoms with Gasteiger partial charge in [0.05, 0.1) is 0 Å². The Hall–Kier alpha value is -1.89. The predicted octanol–water partition coefficient (Wildman–Crippen LogP) is 4.78. The van der Waals surface area contributed by atoms with E-state index in [-0.39, 0.29) is 11.2 Å². The minimum Gasteiger partial charge on any atom is -0.294 e. The number of hydrogen-bond donors (Lipinski definition) is 0. The van der Waals surface area contributed by atoms with Crippen LogP contribution in [0.2, 0.25) is 0 Å². The van der Waals surface area contributed by atoms with Crippen molar-refractivity contribution in [2.75, 3.05) is 0 Å². The first kappa shape index (κ1) is 13.1. The molecule has 0 saturated heterocycles. The molecular formula is C19H20O. The van der Waals surface area contributed by atoms with Crippen molar-refractivity contribution in [3.63, 3.8) is 0 Å². The predicted molar refractivity (Wildman–Crippen MR) is 83.2 cm³/mol. The number of hydrogen-bond acceptors (Lipinski definition) is 1. The summed E-state index contributed by atoms with van der Waals surface area (Å²) < 4.78 is 0. The largest absolute Gasteiger partial charge is 0.294 e. The van der Waals surface area contributed by atoms with E-state index in [0.717, 1.165) is 23.1 Å². The van der Waals surface area contributed by atoms with E-state index in [1.807, 2.05) is 0 Å². The van der Waals surface area contributed by atoms with Crippen molar-refractivity contribution in [3.05, 3.63) is 59.2 Å². The standard InChI is InChI=1S/C19H20O/c1-19(2,3)15-10-7-13(8-11-15)16-6-4-5-14-9-12-17(20)18(14)16/h4-8,10-11H,9,12H2,1-3H3. The molecule has 20 heavy (non-hydrogen) atoms. The second kappa shape index (κ2) is 4.59. The minimum atomic E-state index is 0.160. The van der Waals surface area contributed by atoms with Crippen LogP contribution >= 0.6 is 0 Å². The normalized spacial score (nSPS) is 14.4. The van der Waals surface area contributed by atoms with Gasteiger partial charge in [-0.15, -0.1) is 0 Å². The monoisotopic (exact) mass is 264 g/mol. The van der Waals surface area contributed by atoms with Gasteiger partial charge in [-0.05, 0) is 34.1 Å². The molecule has 0 aromatic heterocycles. The first-order chi connectivity index (χ1) is 9.47. The van der Waals surface area contributed by atoms with Crippen molar-refractivity contribution in [1.29, 1.82) is 0 Å². The zero-order valence-electron chi connectivity index (χ0n) is 12.4. The second-order valence-corrected chi connectivity index (χ2v) is 6.59. The molecule has 1 nitrogen and oxygen atoms in total. The molecule has 0 saturated carbocycles. The van der Waals surface area contributed by atoms with Gasteiger partial charge in [0.15, 0.2) is 5.78 Å². The van der Waals surface area contributed by atoms with E-state index in [4.69, 9.17) is 0 Å². The molecule has 0 N–H and O–H groups in total. The van der Waals surface area contributed by atoms with Gasteiger partial charge < -0.3 is 0 Å². The molecule has 0 amide bonds. The molecule has 0 fully saturated rings. The second-order valence-electron chi connectivity index (χ2n) is 6.59. The van der Waals surface area contributed by atoms with Crippen LogP contribution in [-0.4, -0.2) is 5.78 Å². The number of carbonyl (C=O) groups excluding carboxylic acids is 1. The van der Waals surface area contributed by atoms with E-state index >= 15 is 0 Å². The lowest BCUT2D eigenvalue weighted by molar-refractivity contribution is 0.0995. The van der Waals surface area contributed by atoms with Crippen LogP contribution in [0.5, 0.6) is 0 Å². The molecule has 1 aliphatic rings. The first-order valence-electron chi connectivity index (χ1n) is 7.23. The van der Waals surface area contributed by atoms with Crippen LogP contribution in [0.3, 0.4) is 0 Å². The zero-order chi connectivity index (χ0) is 14.3. The van der Waals surface area contributed by atoms with Gasteiger partial charge in [0.1, 0.15) is 0 Å². The molecule has 3 rings (SSSR count). The Morgan fingerprint density at radius 3 is 2.25 bits per heavy atom. The summed E-state index contributed by atoms with van der Waals surface area (Å²) in [5.74, 6) is 0.287. The van der Waals surface area contributed by atoms with Crippen molar-refractivity contribution in [2.24, 2.45) is 0 Å². The van der Waals surface area contributed by atoms with Crippen molar-refractivity contribution in [2.45, 2.75) is 39.0 Å². The van der Waals surface area contributed by atoms with Crippen LogP contribution in [0.25, 0.3) is 11.1 Å². The summed E-state index contributed by atoms with van der Waals surface area (Å²) in [6, 6.07) is 14.8. The van der Waals surface area contributed by atoms with E-state index < -0.39 is 0 Å². The third-order valence-corrected chi connectivity index (χ3v) is 4.11. The zero-order valence-corrected chi connectivity index (χ0v) is 12.4. The lowest BCUT2D eigenvalue weighted by Gasteiger charge is -2.19. The highest BCUT2D eigenvalue weighted by molar-refractivity contribution is 6.06. The molecule has 102 valence electrons. The van der Waals surface area contributed by atoms with Crippen LogP contribution in [-0.2, 0) is 11.8 Å². The van der Waals surface area contributed by atoms with Gasteiger partial charge in [-0.1, -0.05) is 63.2 Å². The van der Waals surface area contributed by atoms with Crippen LogP contribution < -0.4 is 0 Å². The van der Waals surface area contributed by atoms with Crippen LogP contribution in [0.4, 0.5) is 0 Å². The molecule has 0 radical (unpaired) electrons. The molecule has 0 heterocycles. The summed E-state index contributed by atoms with van der Waals surface area (Å²) in [5, 5.41) is 0. The summed E-state index contributed by atoms with van der Waals surface area (Å²) in [4.78, 5) is 12.1. The van der Waals surface area contributed by atoms with Gasteiger partial charge in [0.2, 0.25) is 0 Å². The van der Waals surface area contributed by atoms with E-state index in [1.54, 1.807) is 0 Å². The average Bonchev–Trinajstić information content (AvgIpc) is 2.80. The summed E-state index contributed by atoms with van der Waals surface area (Å²) >= 11 is 0. The number of fused-ring (bicyclic) bond motifs is 1. The van der Waals surface area contributed by atoms with Gasteiger partial charge >= 0.3 is 0 Å². The van der Waals surface area contributed by atoms with Crippen LogP contribution in [0.15, 0.2) is 42.5 Å². The maximum absolute atomic E-state index is 12.1. The molecule has 0 unspecified atom stereocenters. The number of Topliss-reactive ketones (excluding diaryl/α,β-unsaturated/α-hetero) is 1. The van der Waals surface area contributed by atoms with Crippen molar-refractivity contribution < 1.29 is 4.79 Å². The summed E-state index contributed by atoms with van der Waals surface area (Å²) in [5.41, 5.74) is 5.85. The van der Waals surface area contributed by atoms with E-state index in [2.05, 4.69) is 63.2 Å². The number of ketones is 1. The van der Waals surface area contributed by atoms with E-state index in [9.17, 15) is 4.79 Å². The molecular weight excluding hydrogens is 244 g/mol. The maximum atomic E-state index is 12.1. The van der Waals surface area contributed by atoms with E-state index in [0.29, 0.717) is 6.42 Å². The van der Waals surface area contributed by atoms with Gasteiger partial charge in [0, 0.05) is 12.0 Å². The molecule has 0 aliphatic heterocycles. The first-order valence-corrected chi connectivity index (χ1v) is 7.23. The Morgan fingerprint density at radius 1 is 0.900 bits per heavy atom. The Bertz CT molecular complexity index is 657. The quantitative estimate of drug-likeness (QED) is 0.724. The number of benzene rings is 2. The van der Waals surface area contributed by atoms with Crippen molar-refractivity contribution >= 4 is 5.78 Å². The number of aryl methyl sites for hydroxylation is 1. The van der Waals surface area contributed by atoms with Gasteiger partial charge in [0.25, 0.3) is 0 Å². The summed E-state index contributed by atoms with van der Waals surface area (Å²) in [6.07, 6.45) is 1.55. The van der Waals surface area contributed by atoms with Crippen LogP contribution in [0.1, 0.15) is 48.7 Å². The summed E-state index contributed by atoms with van der Waals surface area (Å²) in [6.45, 7) is 6.64. The Kier molecular flexibility index (Phi) is 3.01. The smallest absolute Gasteiger partial charge is 0.164 e. The molecule has 0 spiro atoms. The SMILES string of the molecule is CC(C)(C)c1ccc(-c2cccc3c2C(=O)CC3)cc1. The molecule has 2 aromatic rings. The molecule has 1 heteroatoms. The van der Waals surface area contributed by atoms with Crippen LogP contribution in [0, 0.1) is 0 Å². The Labute approximate surface area is 120 Å². The fourth-order valence-corrected chi connectivity index (χ4v) is 2.90. The topological polar surface area (TPSA) is 17.1 Å².